The Morgan fingerprint density at radius 1 is 1.33 bits per heavy atom. The molecule has 1 aromatic rings. The summed E-state index contributed by atoms with van der Waals surface area (Å²) in [6.45, 7) is 0.283. The molecule has 0 spiro atoms. The van der Waals surface area contributed by atoms with Gasteiger partial charge in [0.1, 0.15) is 11.9 Å². The molecule has 1 aromatic carbocycles. The monoisotopic (exact) mass is 297 g/mol. The largest absolute Gasteiger partial charge is 0.354 e. The highest BCUT2D eigenvalue weighted by molar-refractivity contribution is 5.82. The van der Waals surface area contributed by atoms with Crippen LogP contribution in [0.15, 0.2) is 24.3 Å². The molecule has 6 nitrogen and oxygen atoms in total. The van der Waals surface area contributed by atoms with Gasteiger partial charge >= 0.3 is 0 Å². The summed E-state index contributed by atoms with van der Waals surface area (Å²) >= 11 is 0. The van der Waals surface area contributed by atoms with Crippen molar-refractivity contribution < 1.29 is 18.7 Å². The van der Waals surface area contributed by atoms with E-state index in [2.05, 4.69) is 16.2 Å². The van der Waals surface area contributed by atoms with Crippen molar-refractivity contribution in [3.63, 3.8) is 0 Å². The minimum atomic E-state index is -0.462. The molecule has 0 aromatic heterocycles. The molecule has 7 heteroatoms. The minimum absolute atomic E-state index is 0.0259. The highest BCUT2D eigenvalue weighted by Crippen LogP contribution is 2.22. The van der Waals surface area contributed by atoms with Gasteiger partial charge in [-0.25, -0.2) is 15.2 Å². The van der Waals surface area contributed by atoms with Crippen LogP contribution in [0.3, 0.4) is 0 Å². The van der Waals surface area contributed by atoms with Crippen LogP contribution in [0.25, 0.3) is 0 Å². The Kier molecular flexibility index (Phi) is 5.63. The van der Waals surface area contributed by atoms with E-state index in [9.17, 15) is 9.18 Å². The number of hydrogen-bond acceptors (Lipinski definition) is 5. The van der Waals surface area contributed by atoms with Crippen LogP contribution in [-0.4, -0.2) is 39.0 Å². The molecule has 0 saturated carbocycles. The van der Waals surface area contributed by atoms with Crippen LogP contribution < -0.4 is 16.2 Å². The molecule has 0 bridgehead atoms. The van der Waals surface area contributed by atoms with Crippen LogP contribution in [0, 0.1) is 5.82 Å². The number of ether oxygens (including phenoxy) is 2. The maximum absolute atomic E-state index is 12.9. The van der Waals surface area contributed by atoms with Crippen molar-refractivity contribution in [1.29, 1.82) is 0 Å². The fraction of sp³-hybridized carbons (Fsp3) is 0.500. The Balaban J connectivity index is 1.84. The lowest BCUT2D eigenvalue weighted by molar-refractivity contribution is -0.129. The summed E-state index contributed by atoms with van der Waals surface area (Å²) in [6.07, 6.45) is 0.124. The van der Waals surface area contributed by atoms with Gasteiger partial charge in [0.15, 0.2) is 6.29 Å². The molecule has 2 unspecified atom stereocenters. The molecule has 2 rings (SSSR count). The zero-order valence-corrected chi connectivity index (χ0v) is 12.1. The van der Waals surface area contributed by atoms with E-state index in [1.54, 1.807) is 12.1 Å². The first kappa shape index (κ1) is 15.8. The third-order valence-electron chi connectivity index (χ3n) is 3.46. The number of methoxy groups -OCH3 is 2. The number of carbonyl (C=O) groups is 1. The number of rotatable bonds is 6. The second kappa shape index (κ2) is 7.46. The third kappa shape index (κ3) is 4.21. The number of nitrogens with one attached hydrogen (secondary N) is 3. The van der Waals surface area contributed by atoms with Crippen LogP contribution in [0.1, 0.15) is 18.0 Å². The molecule has 0 radical (unpaired) electrons. The molecule has 1 heterocycles. The first-order valence-electron chi connectivity index (χ1n) is 6.74. The predicted octanol–water partition coefficient (Wildman–Crippen LogP) is 0.468. The highest BCUT2D eigenvalue weighted by Gasteiger charge is 2.30. The van der Waals surface area contributed by atoms with Crippen molar-refractivity contribution in [3.8, 4) is 0 Å². The van der Waals surface area contributed by atoms with Crippen LogP contribution in [0.2, 0.25) is 0 Å². The molecule has 2 atom stereocenters. The van der Waals surface area contributed by atoms with Crippen molar-refractivity contribution in [2.24, 2.45) is 0 Å². The van der Waals surface area contributed by atoms with E-state index in [1.165, 1.54) is 26.4 Å². The molecule has 1 aliphatic heterocycles. The van der Waals surface area contributed by atoms with Crippen molar-refractivity contribution in [3.05, 3.63) is 35.6 Å². The number of amides is 1. The van der Waals surface area contributed by atoms with Gasteiger partial charge in [0.05, 0.1) is 6.54 Å². The van der Waals surface area contributed by atoms with E-state index in [0.717, 1.165) is 5.56 Å². The SMILES string of the molecule is COC(CNC(=O)C1CC(c2ccc(F)cc2)NN1)OC. The summed E-state index contributed by atoms with van der Waals surface area (Å²) < 4.78 is 22.9. The van der Waals surface area contributed by atoms with Crippen molar-refractivity contribution in [2.45, 2.75) is 24.8 Å². The van der Waals surface area contributed by atoms with Gasteiger partial charge in [0.25, 0.3) is 0 Å². The Bertz CT molecular complexity index is 465. The standard InChI is InChI=1S/C14H20FN3O3/c1-20-13(21-2)8-16-14(19)12-7-11(17-18-12)9-3-5-10(15)6-4-9/h3-6,11-13,17-18H,7-8H2,1-2H3,(H,16,19). The van der Waals surface area contributed by atoms with E-state index in [-0.39, 0.29) is 30.4 Å². The van der Waals surface area contributed by atoms with Crippen molar-refractivity contribution in [1.82, 2.24) is 16.2 Å². The summed E-state index contributed by atoms with van der Waals surface area (Å²) in [5.41, 5.74) is 6.92. The number of benzene rings is 1. The first-order valence-corrected chi connectivity index (χ1v) is 6.74. The van der Waals surface area contributed by atoms with E-state index in [4.69, 9.17) is 9.47 Å². The van der Waals surface area contributed by atoms with Crippen LogP contribution in [0.4, 0.5) is 4.39 Å². The molecule has 1 fully saturated rings. The topological polar surface area (TPSA) is 71.6 Å². The fourth-order valence-corrected chi connectivity index (χ4v) is 2.21. The smallest absolute Gasteiger partial charge is 0.238 e. The summed E-state index contributed by atoms with van der Waals surface area (Å²) in [5, 5.41) is 2.76. The number of carbonyl (C=O) groups excluding carboxylic acids is 1. The average molecular weight is 297 g/mol. The van der Waals surface area contributed by atoms with E-state index in [1.807, 2.05) is 0 Å². The molecule has 3 N–H and O–H groups in total. The number of halogens is 1. The van der Waals surface area contributed by atoms with Gasteiger partial charge in [-0.15, -0.1) is 0 Å². The molecule has 1 aliphatic rings. The minimum Gasteiger partial charge on any atom is -0.354 e. The van der Waals surface area contributed by atoms with Gasteiger partial charge in [0, 0.05) is 20.3 Å². The predicted molar refractivity (Wildman–Crippen MR) is 74.6 cm³/mol. The Morgan fingerprint density at radius 2 is 2.00 bits per heavy atom. The van der Waals surface area contributed by atoms with E-state index >= 15 is 0 Å². The second-order valence-corrected chi connectivity index (χ2v) is 4.83. The fourth-order valence-electron chi connectivity index (χ4n) is 2.21. The second-order valence-electron chi connectivity index (χ2n) is 4.83. The van der Waals surface area contributed by atoms with Crippen LogP contribution in [-0.2, 0) is 14.3 Å². The zero-order chi connectivity index (χ0) is 15.2. The lowest BCUT2D eigenvalue weighted by Crippen LogP contribution is -2.45. The summed E-state index contributed by atoms with van der Waals surface area (Å²) in [7, 11) is 3.03. The molecule has 1 saturated heterocycles. The Morgan fingerprint density at radius 3 is 2.62 bits per heavy atom. The molecule has 21 heavy (non-hydrogen) atoms. The first-order chi connectivity index (χ1) is 10.1. The van der Waals surface area contributed by atoms with E-state index in [0.29, 0.717) is 6.42 Å². The van der Waals surface area contributed by atoms with Gasteiger partial charge in [-0.1, -0.05) is 12.1 Å². The molecular weight excluding hydrogens is 277 g/mol. The molecule has 1 amide bonds. The Hall–Kier alpha value is -1.54. The normalized spacial score (nSPS) is 21.7. The van der Waals surface area contributed by atoms with Crippen LogP contribution in [0.5, 0.6) is 0 Å². The summed E-state index contributed by atoms with van der Waals surface area (Å²) in [4.78, 5) is 12.0. The molecule has 116 valence electrons. The van der Waals surface area contributed by atoms with Gasteiger partial charge in [-0.2, -0.15) is 0 Å². The van der Waals surface area contributed by atoms with Gasteiger partial charge in [0.2, 0.25) is 5.91 Å². The highest BCUT2D eigenvalue weighted by atomic mass is 19.1. The molecular formula is C14H20FN3O3. The number of hydrazine groups is 1. The maximum Gasteiger partial charge on any atom is 0.238 e. The lowest BCUT2D eigenvalue weighted by atomic mass is 10.0. The average Bonchev–Trinajstić information content (AvgIpc) is 2.99. The summed E-state index contributed by atoms with van der Waals surface area (Å²) in [6, 6.07) is 5.86. The van der Waals surface area contributed by atoms with Crippen LogP contribution >= 0.6 is 0 Å². The van der Waals surface area contributed by atoms with E-state index < -0.39 is 6.29 Å². The van der Waals surface area contributed by atoms with Gasteiger partial charge < -0.3 is 14.8 Å². The van der Waals surface area contributed by atoms with Crippen molar-refractivity contribution >= 4 is 5.91 Å². The quantitative estimate of drug-likeness (QED) is 0.666. The Labute approximate surface area is 123 Å². The summed E-state index contributed by atoms with van der Waals surface area (Å²) in [5.74, 6) is -0.407. The van der Waals surface area contributed by atoms with Crippen molar-refractivity contribution in [2.75, 3.05) is 20.8 Å². The zero-order valence-electron chi connectivity index (χ0n) is 12.1. The van der Waals surface area contributed by atoms with Gasteiger partial charge in [-0.05, 0) is 24.1 Å². The number of hydrogen-bond donors (Lipinski definition) is 3. The van der Waals surface area contributed by atoms with Gasteiger partial charge in [-0.3, -0.25) is 4.79 Å². The maximum atomic E-state index is 12.9. The third-order valence-corrected chi connectivity index (χ3v) is 3.46. The lowest BCUT2D eigenvalue weighted by Gasteiger charge is -2.16. The molecule has 0 aliphatic carbocycles.